The fourth-order valence-corrected chi connectivity index (χ4v) is 1.46. The van der Waals surface area contributed by atoms with Crippen molar-refractivity contribution in [1.82, 2.24) is 15.5 Å². The molecule has 0 aromatic carbocycles. The van der Waals surface area contributed by atoms with Crippen molar-refractivity contribution in [1.29, 1.82) is 0 Å². The molecule has 0 aromatic rings. The van der Waals surface area contributed by atoms with Crippen molar-refractivity contribution in [3.05, 3.63) is 11.6 Å². The van der Waals surface area contributed by atoms with Crippen LogP contribution in [0.5, 0.6) is 0 Å². The van der Waals surface area contributed by atoms with Crippen LogP contribution in [0.2, 0.25) is 0 Å². The van der Waals surface area contributed by atoms with Crippen LogP contribution in [0.1, 0.15) is 12.8 Å². The van der Waals surface area contributed by atoms with Gasteiger partial charge in [0.1, 0.15) is 0 Å². The first-order chi connectivity index (χ1) is 7.18. The van der Waals surface area contributed by atoms with Gasteiger partial charge in [-0.2, -0.15) is 0 Å². The first-order valence-electron chi connectivity index (χ1n) is 5.48. The van der Waals surface area contributed by atoms with Crippen molar-refractivity contribution in [2.75, 3.05) is 40.3 Å². The molecular weight excluding hydrogens is 190 g/mol. The van der Waals surface area contributed by atoms with Gasteiger partial charge in [0.05, 0.1) is 0 Å². The Balaban J connectivity index is 2.13. The Bertz CT molecular complexity index is 236. The van der Waals surface area contributed by atoms with Crippen LogP contribution in [0.15, 0.2) is 11.6 Å². The Labute approximate surface area is 91.7 Å². The molecule has 0 fully saturated rings. The van der Waals surface area contributed by atoms with Gasteiger partial charge in [0, 0.05) is 26.1 Å². The molecule has 0 aromatic heterocycles. The van der Waals surface area contributed by atoms with Crippen molar-refractivity contribution in [3.8, 4) is 0 Å². The molecular formula is C11H21N3O. The lowest BCUT2D eigenvalue weighted by Crippen LogP contribution is -2.31. The number of carbonyl (C=O) groups is 1. The summed E-state index contributed by atoms with van der Waals surface area (Å²) in [6, 6.07) is 0. The van der Waals surface area contributed by atoms with Crippen molar-refractivity contribution >= 4 is 5.91 Å². The molecule has 0 bridgehead atoms. The maximum Gasteiger partial charge on any atom is 0.221 e. The normalized spacial score (nSPS) is 16.3. The lowest BCUT2D eigenvalue weighted by Gasteiger charge is -2.15. The monoisotopic (exact) mass is 211 g/mol. The summed E-state index contributed by atoms with van der Waals surface area (Å²) in [5, 5.41) is 6.19. The van der Waals surface area contributed by atoms with Gasteiger partial charge in [0.2, 0.25) is 5.91 Å². The molecule has 1 amide bonds. The first kappa shape index (κ1) is 12.2. The van der Waals surface area contributed by atoms with E-state index in [9.17, 15) is 4.79 Å². The topological polar surface area (TPSA) is 44.4 Å². The number of hydrogen-bond acceptors (Lipinski definition) is 3. The molecule has 1 aliphatic rings. The second-order valence-corrected chi connectivity index (χ2v) is 4.15. The standard InChI is InChI=1S/C11H21N3O/c1-14(2)8-5-11(15)13-9-10-3-6-12-7-4-10/h3,12H,4-9H2,1-2H3,(H,13,15). The number of amides is 1. The Morgan fingerprint density at radius 3 is 3.00 bits per heavy atom. The van der Waals surface area contributed by atoms with Gasteiger partial charge in [-0.3, -0.25) is 4.79 Å². The third-order valence-electron chi connectivity index (χ3n) is 2.46. The molecule has 0 atom stereocenters. The molecule has 1 heterocycles. The molecule has 0 unspecified atom stereocenters. The van der Waals surface area contributed by atoms with Crippen molar-refractivity contribution in [2.45, 2.75) is 12.8 Å². The minimum absolute atomic E-state index is 0.142. The van der Waals surface area contributed by atoms with Gasteiger partial charge < -0.3 is 15.5 Å². The molecule has 0 saturated carbocycles. The summed E-state index contributed by atoms with van der Waals surface area (Å²) in [6.45, 7) is 3.49. The van der Waals surface area contributed by atoms with E-state index in [0.717, 1.165) is 26.1 Å². The van der Waals surface area contributed by atoms with E-state index >= 15 is 0 Å². The highest BCUT2D eigenvalue weighted by Crippen LogP contribution is 2.02. The quantitative estimate of drug-likeness (QED) is 0.628. The minimum Gasteiger partial charge on any atom is -0.352 e. The zero-order valence-electron chi connectivity index (χ0n) is 9.68. The maximum atomic E-state index is 11.4. The minimum atomic E-state index is 0.142. The summed E-state index contributed by atoms with van der Waals surface area (Å²) >= 11 is 0. The van der Waals surface area contributed by atoms with Crippen LogP contribution in [-0.4, -0.2) is 51.1 Å². The maximum absolute atomic E-state index is 11.4. The largest absolute Gasteiger partial charge is 0.352 e. The van der Waals surface area contributed by atoms with Gasteiger partial charge in [0.25, 0.3) is 0 Å². The van der Waals surface area contributed by atoms with E-state index in [4.69, 9.17) is 0 Å². The summed E-state index contributed by atoms with van der Waals surface area (Å²) in [5.41, 5.74) is 1.34. The predicted octanol–water partition coefficient (Wildman–Crippen LogP) is -0.0260. The zero-order valence-corrected chi connectivity index (χ0v) is 9.68. The van der Waals surface area contributed by atoms with Crippen LogP contribution in [0, 0.1) is 0 Å². The van der Waals surface area contributed by atoms with Crippen LogP contribution in [0.3, 0.4) is 0 Å². The predicted molar refractivity (Wildman–Crippen MR) is 61.8 cm³/mol. The molecule has 0 aliphatic carbocycles. The van der Waals surface area contributed by atoms with Crippen molar-refractivity contribution < 1.29 is 4.79 Å². The van der Waals surface area contributed by atoms with Crippen LogP contribution in [0.4, 0.5) is 0 Å². The summed E-state index contributed by atoms with van der Waals surface area (Å²) < 4.78 is 0. The lowest BCUT2D eigenvalue weighted by molar-refractivity contribution is -0.121. The number of rotatable bonds is 5. The second-order valence-electron chi connectivity index (χ2n) is 4.15. The van der Waals surface area contributed by atoms with E-state index in [1.807, 2.05) is 19.0 Å². The molecule has 4 heteroatoms. The Hall–Kier alpha value is -0.870. The van der Waals surface area contributed by atoms with Gasteiger partial charge in [-0.1, -0.05) is 11.6 Å². The van der Waals surface area contributed by atoms with Gasteiger partial charge >= 0.3 is 0 Å². The summed E-state index contributed by atoms with van der Waals surface area (Å²) in [6.07, 6.45) is 3.79. The van der Waals surface area contributed by atoms with Gasteiger partial charge in [0.15, 0.2) is 0 Å². The molecule has 1 aliphatic heterocycles. The molecule has 86 valence electrons. The number of hydrogen-bond donors (Lipinski definition) is 2. The molecule has 15 heavy (non-hydrogen) atoms. The van der Waals surface area contributed by atoms with Crippen molar-refractivity contribution in [3.63, 3.8) is 0 Å². The van der Waals surface area contributed by atoms with Crippen LogP contribution >= 0.6 is 0 Å². The van der Waals surface area contributed by atoms with E-state index < -0.39 is 0 Å². The van der Waals surface area contributed by atoms with Crippen molar-refractivity contribution in [2.24, 2.45) is 0 Å². The number of nitrogens with one attached hydrogen (secondary N) is 2. The molecule has 2 N–H and O–H groups in total. The number of carbonyl (C=O) groups excluding carboxylic acids is 1. The summed E-state index contributed by atoms with van der Waals surface area (Å²) in [4.78, 5) is 13.4. The van der Waals surface area contributed by atoms with E-state index in [0.29, 0.717) is 13.0 Å². The van der Waals surface area contributed by atoms with Gasteiger partial charge in [-0.15, -0.1) is 0 Å². The zero-order chi connectivity index (χ0) is 11.1. The SMILES string of the molecule is CN(C)CCC(=O)NCC1=CCNCC1. The van der Waals surface area contributed by atoms with Crippen LogP contribution in [0.25, 0.3) is 0 Å². The van der Waals surface area contributed by atoms with Crippen LogP contribution in [-0.2, 0) is 4.79 Å². The highest BCUT2D eigenvalue weighted by Gasteiger charge is 2.05. The fourth-order valence-electron chi connectivity index (χ4n) is 1.46. The molecule has 0 saturated heterocycles. The fraction of sp³-hybridized carbons (Fsp3) is 0.727. The highest BCUT2D eigenvalue weighted by atomic mass is 16.1. The van der Waals surface area contributed by atoms with E-state index in [1.165, 1.54) is 5.57 Å². The molecule has 1 rings (SSSR count). The Kier molecular flexibility index (Phi) is 5.36. The average Bonchev–Trinajstić information content (AvgIpc) is 2.25. The smallest absolute Gasteiger partial charge is 0.221 e. The highest BCUT2D eigenvalue weighted by molar-refractivity contribution is 5.76. The van der Waals surface area contributed by atoms with E-state index in [1.54, 1.807) is 0 Å². The Morgan fingerprint density at radius 1 is 1.60 bits per heavy atom. The van der Waals surface area contributed by atoms with E-state index in [2.05, 4.69) is 16.7 Å². The molecule has 4 nitrogen and oxygen atoms in total. The summed E-state index contributed by atoms with van der Waals surface area (Å²) in [7, 11) is 3.95. The van der Waals surface area contributed by atoms with E-state index in [-0.39, 0.29) is 5.91 Å². The third-order valence-corrected chi connectivity index (χ3v) is 2.46. The van der Waals surface area contributed by atoms with Gasteiger partial charge in [-0.25, -0.2) is 0 Å². The third kappa shape index (κ3) is 5.54. The van der Waals surface area contributed by atoms with Gasteiger partial charge in [-0.05, 0) is 27.1 Å². The lowest BCUT2D eigenvalue weighted by atomic mass is 10.1. The average molecular weight is 211 g/mol. The summed E-state index contributed by atoms with van der Waals surface area (Å²) in [5.74, 6) is 0.142. The molecule has 0 radical (unpaired) electrons. The van der Waals surface area contributed by atoms with Crippen LogP contribution < -0.4 is 10.6 Å². The Morgan fingerprint density at radius 2 is 2.40 bits per heavy atom. The number of nitrogens with zero attached hydrogens (tertiary/aromatic N) is 1. The molecule has 0 spiro atoms. The second kappa shape index (κ2) is 6.58. The first-order valence-corrected chi connectivity index (χ1v) is 5.48.